The van der Waals surface area contributed by atoms with Crippen LogP contribution in [-0.4, -0.2) is 0 Å². The molecule has 0 atom stereocenters. The van der Waals surface area contributed by atoms with E-state index in [0.29, 0.717) is 0 Å². The molecule has 1 nitrogen and oxygen atoms in total. The fourth-order valence-electron chi connectivity index (χ4n) is 0. The first-order valence-electron chi connectivity index (χ1n) is 2.29. The van der Waals surface area contributed by atoms with Crippen LogP contribution in [0.3, 0.4) is 0 Å². The van der Waals surface area contributed by atoms with Crippen molar-refractivity contribution in [1.82, 2.24) is 0 Å². The molecule has 0 aliphatic rings. The molecule has 0 aromatic carbocycles. The molecule has 2 N–H and O–H groups in total. The summed E-state index contributed by atoms with van der Waals surface area (Å²) in [5, 5.41) is 0. The minimum atomic E-state index is -2.26. The van der Waals surface area contributed by atoms with Crippen molar-refractivity contribution in [2.45, 2.75) is 18.5 Å². The monoisotopic (exact) mass is 166 g/mol. The molecule has 0 saturated carbocycles. The molecule has 0 spiro atoms. The molecule has 0 saturated heterocycles. The fourth-order valence-corrected chi connectivity index (χ4v) is 0. The standard InChI is InChI=1S/4CH3.H2N.Zr/h4*1H3;1H2;/q;;;;-1;+1. The fraction of sp³-hybridized carbons (Fsp3) is 1.00. The van der Waals surface area contributed by atoms with Crippen molar-refractivity contribution in [3.05, 3.63) is 0 Å². The summed E-state index contributed by atoms with van der Waals surface area (Å²) in [6.45, 7) is 0. The van der Waals surface area contributed by atoms with Gasteiger partial charge >= 0.3 is 41.3 Å². The zero-order valence-corrected chi connectivity index (χ0v) is 7.54. The van der Waals surface area contributed by atoms with Gasteiger partial charge in [-0.1, -0.05) is 0 Å². The SMILES string of the molecule is [CH3][Zr]([CH3])([CH3])([CH3])[NH2]. The van der Waals surface area contributed by atoms with Gasteiger partial charge in [-0.2, -0.15) is 0 Å². The van der Waals surface area contributed by atoms with Crippen LogP contribution in [0.15, 0.2) is 0 Å². The Balaban J connectivity index is 3.73. The van der Waals surface area contributed by atoms with E-state index < -0.39 is 19.1 Å². The van der Waals surface area contributed by atoms with E-state index in [0.717, 1.165) is 0 Å². The van der Waals surface area contributed by atoms with Crippen molar-refractivity contribution >= 4 is 0 Å². The molecule has 0 aliphatic carbocycles. The molecule has 0 amide bonds. The van der Waals surface area contributed by atoms with E-state index >= 15 is 0 Å². The maximum atomic E-state index is 5.81. The summed E-state index contributed by atoms with van der Waals surface area (Å²) < 4.78 is 14.6. The molecule has 0 fully saturated rings. The Bertz CT molecular complexity index is 40.7. The first-order valence-corrected chi connectivity index (χ1v) is 13.5. The van der Waals surface area contributed by atoms with Crippen molar-refractivity contribution in [2.75, 3.05) is 0 Å². The Morgan fingerprint density at radius 3 is 1.00 bits per heavy atom. The Kier molecular flexibility index (Phi) is 1.33. The van der Waals surface area contributed by atoms with E-state index in [2.05, 4.69) is 18.5 Å². The van der Waals surface area contributed by atoms with Crippen LogP contribution in [0.2, 0.25) is 18.5 Å². The van der Waals surface area contributed by atoms with Gasteiger partial charge in [-0.25, -0.2) is 0 Å². The molecule has 0 heterocycles. The van der Waals surface area contributed by atoms with Gasteiger partial charge in [0.25, 0.3) is 0 Å². The quantitative estimate of drug-likeness (QED) is 0.584. The average Bonchev–Trinajstić information content (AvgIpc) is 0.650. The Labute approximate surface area is 41.5 Å². The van der Waals surface area contributed by atoms with Crippen LogP contribution in [0.5, 0.6) is 0 Å². The predicted molar refractivity (Wildman–Crippen MR) is 27.6 cm³/mol. The van der Waals surface area contributed by atoms with E-state index in [1.807, 2.05) is 0 Å². The van der Waals surface area contributed by atoms with E-state index in [-0.39, 0.29) is 0 Å². The summed E-state index contributed by atoms with van der Waals surface area (Å²) in [6, 6.07) is 0. The van der Waals surface area contributed by atoms with Gasteiger partial charge in [-0.05, 0) is 0 Å². The van der Waals surface area contributed by atoms with E-state index in [1.165, 1.54) is 0 Å². The topological polar surface area (TPSA) is 26.0 Å². The van der Waals surface area contributed by atoms with Crippen molar-refractivity contribution < 1.29 is 19.1 Å². The summed E-state index contributed by atoms with van der Waals surface area (Å²) in [7, 11) is 0. The molecule has 0 rings (SSSR count). The van der Waals surface area contributed by atoms with Crippen molar-refractivity contribution in [1.29, 1.82) is 0 Å². The maximum absolute atomic E-state index is 5.81. The van der Waals surface area contributed by atoms with Gasteiger partial charge in [0.15, 0.2) is 0 Å². The predicted octanol–water partition coefficient (Wildman–Crippen LogP) is 1.74. The molecule has 0 radical (unpaired) electrons. The van der Waals surface area contributed by atoms with E-state index in [1.54, 1.807) is 0 Å². The summed E-state index contributed by atoms with van der Waals surface area (Å²) in [5.41, 5.74) is 0. The molecule has 0 aliphatic heterocycles. The van der Waals surface area contributed by atoms with Gasteiger partial charge < -0.3 is 0 Å². The van der Waals surface area contributed by atoms with Gasteiger partial charge in [0, 0.05) is 0 Å². The van der Waals surface area contributed by atoms with E-state index in [9.17, 15) is 0 Å². The molecule has 0 aromatic heterocycles. The van der Waals surface area contributed by atoms with Crippen LogP contribution in [0.4, 0.5) is 0 Å². The van der Waals surface area contributed by atoms with Crippen molar-refractivity contribution in [3.8, 4) is 0 Å². The Hall–Kier alpha value is 0.843. The van der Waals surface area contributed by atoms with Crippen molar-refractivity contribution in [3.63, 3.8) is 0 Å². The zero-order chi connectivity index (χ0) is 5.45. The third kappa shape index (κ3) is 101. The zero-order valence-electron chi connectivity index (χ0n) is 5.08. The van der Waals surface area contributed by atoms with Crippen LogP contribution >= 0.6 is 0 Å². The van der Waals surface area contributed by atoms with Gasteiger partial charge in [0.05, 0.1) is 0 Å². The Morgan fingerprint density at radius 1 is 1.00 bits per heavy atom. The average molecular weight is 167 g/mol. The third-order valence-corrected chi connectivity index (χ3v) is 0. The summed E-state index contributed by atoms with van der Waals surface area (Å²) in [5.74, 6) is 0. The van der Waals surface area contributed by atoms with E-state index in [4.69, 9.17) is 3.68 Å². The molecule has 0 bridgehead atoms. The van der Waals surface area contributed by atoms with Gasteiger partial charge in [-0.3, -0.25) is 0 Å². The molecular weight excluding hydrogens is 153 g/mol. The summed E-state index contributed by atoms with van der Waals surface area (Å²) in [4.78, 5) is 0. The number of hydrogen-bond donors (Lipinski definition) is 1. The van der Waals surface area contributed by atoms with Crippen molar-refractivity contribution in [2.24, 2.45) is 3.68 Å². The normalized spacial score (nSPS) is 19.2. The van der Waals surface area contributed by atoms with Crippen LogP contribution in [0.25, 0.3) is 0 Å². The third-order valence-electron chi connectivity index (χ3n) is 0. The van der Waals surface area contributed by atoms with Crippen LogP contribution in [-0.2, 0) is 19.1 Å². The summed E-state index contributed by atoms with van der Waals surface area (Å²) >= 11 is -2.26. The molecule has 6 heavy (non-hydrogen) atoms. The number of nitrogens with two attached hydrogens (primary N) is 1. The van der Waals surface area contributed by atoms with Crippen LogP contribution in [0.1, 0.15) is 0 Å². The number of rotatable bonds is 0. The van der Waals surface area contributed by atoms with Gasteiger partial charge in [0.1, 0.15) is 0 Å². The molecular formula is C4H14NZr. The minimum absolute atomic E-state index is 2.20. The second kappa shape index (κ2) is 1.17. The number of hydrogen-bond acceptors (Lipinski definition) is 1. The van der Waals surface area contributed by atoms with Gasteiger partial charge in [-0.15, -0.1) is 0 Å². The first kappa shape index (κ1) is 6.84. The molecule has 39 valence electrons. The molecule has 0 unspecified atom stereocenters. The second-order valence-corrected chi connectivity index (χ2v) is 24.6. The van der Waals surface area contributed by atoms with Crippen LogP contribution < -0.4 is 3.68 Å². The Morgan fingerprint density at radius 2 is 1.00 bits per heavy atom. The molecule has 2 heteroatoms. The first-order chi connectivity index (χ1) is 2.24. The molecule has 0 aromatic rings. The second-order valence-electron chi connectivity index (χ2n) is 4.15. The van der Waals surface area contributed by atoms with Crippen LogP contribution in [0, 0.1) is 0 Å². The summed E-state index contributed by atoms with van der Waals surface area (Å²) in [6.07, 6.45) is 0. The van der Waals surface area contributed by atoms with Gasteiger partial charge in [0.2, 0.25) is 0 Å².